The summed E-state index contributed by atoms with van der Waals surface area (Å²) in [7, 11) is 0. The highest BCUT2D eigenvalue weighted by atomic mass is 19.1. The van der Waals surface area contributed by atoms with Crippen molar-refractivity contribution in [3.63, 3.8) is 0 Å². The standard InChI is InChI=1S/C18H24FNO/c1-12(2)11-18(8-3-4-9-18)17(20)15-10-13-6-5-7-14(19)16(13)21-15/h5-7,10,12,17H,3-4,8-9,11,20H2,1-2H3. The van der Waals surface area contributed by atoms with Gasteiger partial charge in [-0.25, -0.2) is 4.39 Å². The predicted octanol–water partition coefficient (Wildman–Crippen LogP) is 5.18. The van der Waals surface area contributed by atoms with E-state index < -0.39 is 0 Å². The summed E-state index contributed by atoms with van der Waals surface area (Å²) >= 11 is 0. The fourth-order valence-corrected chi connectivity index (χ4v) is 4.04. The van der Waals surface area contributed by atoms with Gasteiger partial charge in [-0.2, -0.15) is 0 Å². The van der Waals surface area contributed by atoms with Gasteiger partial charge in [-0.3, -0.25) is 0 Å². The van der Waals surface area contributed by atoms with Crippen molar-refractivity contribution in [2.75, 3.05) is 0 Å². The highest BCUT2D eigenvalue weighted by Crippen LogP contribution is 2.51. The fourth-order valence-electron chi connectivity index (χ4n) is 4.04. The summed E-state index contributed by atoms with van der Waals surface area (Å²) in [5.41, 5.74) is 7.02. The molecule has 0 spiro atoms. The van der Waals surface area contributed by atoms with Gasteiger partial charge in [-0.1, -0.05) is 38.8 Å². The molecule has 21 heavy (non-hydrogen) atoms. The van der Waals surface area contributed by atoms with E-state index in [-0.39, 0.29) is 17.3 Å². The molecule has 1 aliphatic rings. The second-order valence-corrected chi connectivity index (χ2v) is 6.95. The Morgan fingerprint density at radius 1 is 1.29 bits per heavy atom. The normalized spacial score (nSPS) is 19.5. The van der Waals surface area contributed by atoms with Crippen LogP contribution in [-0.4, -0.2) is 0 Å². The maximum atomic E-state index is 13.8. The molecule has 0 saturated heterocycles. The first-order valence-electron chi connectivity index (χ1n) is 7.95. The molecule has 1 aromatic carbocycles. The Balaban J connectivity index is 1.98. The molecule has 1 unspecified atom stereocenters. The largest absolute Gasteiger partial charge is 0.456 e. The molecule has 0 radical (unpaired) electrons. The molecule has 3 heteroatoms. The van der Waals surface area contributed by atoms with E-state index in [4.69, 9.17) is 10.2 Å². The van der Waals surface area contributed by atoms with E-state index in [9.17, 15) is 4.39 Å². The van der Waals surface area contributed by atoms with Gasteiger partial charge < -0.3 is 10.2 Å². The summed E-state index contributed by atoms with van der Waals surface area (Å²) in [6.07, 6.45) is 5.86. The van der Waals surface area contributed by atoms with Gasteiger partial charge in [-0.15, -0.1) is 0 Å². The zero-order valence-electron chi connectivity index (χ0n) is 12.9. The van der Waals surface area contributed by atoms with Crippen LogP contribution in [0.15, 0.2) is 28.7 Å². The van der Waals surface area contributed by atoms with Gasteiger partial charge in [0.15, 0.2) is 11.4 Å². The smallest absolute Gasteiger partial charge is 0.169 e. The highest BCUT2D eigenvalue weighted by Gasteiger charge is 2.42. The van der Waals surface area contributed by atoms with Gasteiger partial charge in [0.25, 0.3) is 0 Å². The van der Waals surface area contributed by atoms with Crippen LogP contribution in [0.1, 0.15) is 57.8 Å². The maximum absolute atomic E-state index is 13.8. The molecule has 1 saturated carbocycles. The summed E-state index contributed by atoms with van der Waals surface area (Å²) in [4.78, 5) is 0. The van der Waals surface area contributed by atoms with Gasteiger partial charge in [0.05, 0.1) is 6.04 Å². The first-order chi connectivity index (χ1) is 10.0. The Labute approximate surface area is 125 Å². The number of benzene rings is 1. The highest BCUT2D eigenvalue weighted by molar-refractivity contribution is 5.78. The van der Waals surface area contributed by atoms with Crippen molar-refractivity contribution < 1.29 is 8.81 Å². The molecule has 0 amide bonds. The Bertz CT molecular complexity index is 625. The quantitative estimate of drug-likeness (QED) is 0.842. The zero-order valence-corrected chi connectivity index (χ0v) is 12.9. The SMILES string of the molecule is CC(C)CC1(C(N)c2cc3cccc(F)c3o2)CCCC1. The molecule has 1 heterocycles. The van der Waals surface area contributed by atoms with Gasteiger partial charge in [-0.05, 0) is 42.7 Å². The van der Waals surface area contributed by atoms with Crippen molar-refractivity contribution in [2.24, 2.45) is 17.1 Å². The maximum Gasteiger partial charge on any atom is 0.169 e. The topological polar surface area (TPSA) is 39.2 Å². The molecule has 2 aromatic rings. The lowest BCUT2D eigenvalue weighted by atomic mass is 9.72. The molecule has 0 bridgehead atoms. The van der Waals surface area contributed by atoms with Crippen LogP contribution in [-0.2, 0) is 0 Å². The molecular formula is C18H24FNO. The first-order valence-corrected chi connectivity index (χ1v) is 7.95. The van der Waals surface area contributed by atoms with Crippen LogP contribution in [0.3, 0.4) is 0 Å². The molecular weight excluding hydrogens is 265 g/mol. The number of furan rings is 1. The van der Waals surface area contributed by atoms with Crippen molar-refractivity contribution in [3.8, 4) is 0 Å². The second kappa shape index (κ2) is 5.45. The first kappa shape index (κ1) is 14.6. The molecule has 2 nitrogen and oxygen atoms in total. The van der Waals surface area contributed by atoms with Crippen LogP contribution in [0.25, 0.3) is 11.0 Å². The average molecular weight is 289 g/mol. The molecule has 0 aliphatic heterocycles. The van der Waals surface area contributed by atoms with Gasteiger partial charge >= 0.3 is 0 Å². The monoisotopic (exact) mass is 289 g/mol. The summed E-state index contributed by atoms with van der Waals surface area (Å²) in [6, 6.07) is 6.79. The van der Waals surface area contributed by atoms with Crippen molar-refractivity contribution in [3.05, 3.63) is 35.8 Å². The lowest BCUT2D eigenvalue weighted by Gasteiger charge is -2.35. The molecule has 114 valence electrons. The lowest BCUT2D eigenvalue weighted by Crippen LogP contribution is -2.33. The molecule has 2 N–H and O–H groups in total. The second-order valence-electron chi connectivity index (χ2n) is 6.95. The van der Waals surface area contributed by atoms with Crippen LogP contribution >= 0.6 is 0 Å². The number of para-hydroxylation sites is 1. The number of rotatable bonds is 4. The van der Waals surface area contributed by atoms with E-state index in [1.165, 1.54) is 18.9 Å². The summed E-state index contributed by atoms with van der Waals surface area (Å²) in [5, 5.41) is 0.804. The van der Waals surface area contributed by atoms with Crippen LogP contribution in [0.5, 0.6) is 0 Å². The molecule has 1 fully saturated rings. The number of fused-ring (bicyclic) bond motifs is 1. The Hall–Kier alpha value is -1.35. The van der Waals surface area contributed by atoms with Crippen LogP contribution in [0, 0.1) is 17.2 Å². The third kappa shape index (κ3) is 2.59. The van der Waals surface area contributed by atoms with Crippen LogP contribution < -0.4 is 5.73 Å². The van der Waals surface area contributed by atoms with E-state index in [1.807, 2.05) is 12.1 Å². The summed E-state index contributed by atoms with van der Waals surface area (Å²) in [5.74, 6) is 1.03. The molecule has 3 rings (SSSR count). The minimum Gasteiger partial charge on any atom is -0.456 e. The Kier molecular flexibility index (Phi) is 3.78. The van der Waals surface area contributed by atoms with E-state index >= 15 is 0 Å². The van der Waals surface area contributed by atoms with Gasteiger partial charge in [0, 0.05) is 5.39 Å². The lowest BCUT2D eigenvalue weighted by molar-refractivity contribution is 0.168. The Morgan fingerprint density at radius 2 is 2.00 bits per heavy atom. The van der Waals surface area contributed by atoms with Gasteiger partial charge in [0.2, 0.25) is 0 Å². The summed E-state index contributed by atoms with van der Waals surface area (Å²) in [6.45, 7) is 4.48. The molecule has 1 aliphatic carbocycles. The van der Waals surface area contributed by atoms with Crippen molar-refractivity contribution in [1.29, 1.82) is 0 Å². The van der Waals surface area contributed by atoms with Crippen LogP contribution in [0.2, 0.25) is 0 Å². The fraction of sp³-hybridized carbons (Fsp3) is 0.556. The van der Waals surface area contributed by atoms with Crippen molar-refractivity contribution >= 4 is 11.0 Å². The number of nitrogens with two attached hydrogens (primary N) is 1. The molecule has 1 atom stereocenters. The zero-order chi connectivity index (χ0) is 15.0. The third-order valence-electron chi connectivity index (χ3n) is 4.90. The van der Waals surface area contributed by atoms with Crippen LogP contribution in [0.4, 0.5) is 4.39 Å². The van der Waals surface area contributed by atoms with E-state index in [0.29, 0.717) is 11.5 Å². The van der Waals surface area contributed by atoms with Crippen molar-refractivity contribution in [1.82, 2.24) is 0 Å². The minimum absolute atomic E-state index is 0.110. The number of hydrogen-bond donors (Lipinski definition) is 1. The number of halogens is 1. The van der Waals surface area contributed by atoms with E-state index in [0.717, 1.165) is 30.4 Å². The Morgan fingerprint density at radius 3 is 2.62 bits per heavy atom. The predicted molar refractivity (Wildman–Crippen MR) is 83.5 cm³/mol. The van der Waals surface area contributed by atoms with E-state index in [2.05, 4.69) is 13.8 Å². The van der Waals surface area contributed by atoms with E-state index in [1.54, 1.807) is 6.07 Å². The van der Waals surface area contributed by atoms with Crippen molar-refractivity contribution in [2.45, 2.75) is 52.0 Å². The summed E-state index contributed by atoms with van der Waals surface area (Å²) < 4.78 is 19.6. The van der Waals surface area contributed by atoms with Gasteiger partial charge in [0.1, 0.15) is 5.76 Å². The molecule has 1 aromatic heterocycles. The minimum atomic E-state index is -0.310. The third-order valence-corrected chi connectivity index (χ3v) is 4.90. The number of hydrogen-bond acceptors (Lipinski definition) is 2. The average Bonchev–Trinajstić information content (AvgIpc) is 3.05.